The van der Waals surface area contributed by atoms with E-state index < -0.39 is 11.1 Å². The molecule has 0 amide bonds. The Morgan fingerprint density at radius 1 is 0.727 bits per heavy atom. The van der Waals surface area contributed by atoms with Crippen LogP contribution in [0, 0.1) is 0 Å². The van der Waals surface area contributed by atoms with Crippen LogP contribution in [0.15, 0.2) is 58.4 Å². The average Bonchev–Trinajstić information content (AvgIpc) is 2.54. The molecular weight excluding hydrogens is 280 g/mol. The average molecular weight is 292 g/mol. The van der Waals surface area contributed by atoms with Crippen LogP contribution in [0.2, 0.25) is 0 Å². The lowest BCUT2D eigenvalue weighted by molar-refractivity contribution is 0.999. The molecule has 0 atom stereocenters. The molecule has 3 aromatic heterocycles. The lowest BCUT2D eigenvalue weighted by Crippen LogP contribution is -2.46. The minimum Gasteiger partial charge on any atom is -0.316 e. The zero-order valence-corrected chi connectivity index (χ0v) is 11.5. The summed E-state index contributed by atoms with van der Waals surface area (Å²) in [6.07, 6.45) is 6.26. The smallest absolute Gasteiger partial charge is 0.272 e. The van der Waals surface area contributed by atoms with Gasteiger partial charge in [0.05, 0.1) is 11.4 Å². The predicted molar refractivity (Wildman–Crippen MR) is 82.5 cm³/mol. The Labute approximate surface area is 124 Å². The van der Waals surface area contributed by atoms with E-state index in [1.54, 1.807) is 48.8 Å². The highest BCUT2D eigenvalue weighted by atomic mass is 16.1. The monoisotopic (exact) mass is 292 g/mol. The second kappa shape index (κ2) is 6.01. The SMILES string of the molecule is O=c1[nH]/c(=C\c2ccccn2)c(=O)[nH]/c1=C\c1ccccn1. The summed E-state index contributed by atoms with van der Waals surface area (Å²) >= 11 is 0. The lowest BCUT2D eigenvalue weighted by Gasteiger charge is -1.93. The van der Waals surface area contributed by atoms with Gasteiger partial charge in [-0.25, -0.2) is 0 Å². The molecule has 0 fully saturated rings. The highest BCUT2D eigenvalue weighted by Crippen LogP contribution is 1.92. The van der Waals surface area contributed by atoms with Crippen molar-refractivity contribution in [3.63, 3.8) is 0 Å². The van der Waals surface area contributed by atoms with Gasteiger partial charge in [0.25, 0.3) is 11.1 Å². The van der Waals surface area contributed by atoms with Crippen LogP contribution in [-0.4, -0.2) is 19.9 Å². The van der Waals surface area contributed by atoms with Crippen LogP contribution in [0.25, 0.3) is 12.2 Å². The van der Waals surface area contributed by atoms with Gasteiger partial charge < -0.3 is 9.97 Å². The zero-order valence-electron chi connectivity index (χ0n) is 11.5. The fraction of sp³-hybridized carbons (Fsp3) is 0. The van der Waals surface area contributed by atoms with Gasteiger partial charge in [0, 0.05) is 12.4 Å². The number of nitrogens with one attached hydrogen (secondary N) is 2. The van der Waals surface area contributed by atoms with Gasteiger partial charge in [0.1, 0.15) is 10.7 Å². The van der Waals surface area contributed by atoms with E-state index in [9.17, 15) is 9.59 Å². The number of nitrogens with zero attached hydrogens (tertiary/aromatic N) is 2. The van der Waals surface area contributed by atoms with E-state index in [4.69, 9.17) is 0 Å². The van der Waals surface area contributed by atoms with Crippen molar-refractivity contribution in [1.82, 2.24) is 19.9 Å². The third kappa shape index (κ3) is 3.06. The molecule has 0 aliphatic carbocycles. The van der Waals surface area contributed by atoms with Crippen molar-refractivity contribution in [3.05, 3.63) is 91.6 Å². The van der Waals surface area contributed by atoms with Crippen molar-refractivity contribution in [1.29, 1.82) is 0 Å². The van der Waals surface area contributed by atoms with Gasteiger partial charge >= 0.3 is 0 Å². The molecule has 0 unspecified atom stereocenters. The maximum atomic E-state index is 12.1. The van der Waals surface area contributed by atoms with Crippen molar-refractivity contribution in [3.8, 4) is 0 Å². The Bertz CT molecular complexity index is 921. The normalized spacial score (nSPS) is 12.5. The van der Waals surface area contributed by atoms with Crippen LogP contribution in [-0.2, 0) is 0 Å². The van der Waals surface area contributed by atoms with Crippen molar-refractivity contribution in [2.75, 3.05) is 0 Å². The predicted octanol–water partition coefficient (Wildman–Crippen LogP) is -0.489. The number of pyridine rings is 2. The molecule has 6 heteroatoms. The first-order valence-electron chi connectivity index (χ1n) is 6.60. The summed E-state index contributed by atoms with van der Waals surface area (Å²) in [6.45, 7) is 0. The van der Waals surface area contributed by atoms with Gasteiger partial charge in [0.2, 0.25) is 0 Å². The lowest BCUT2D eigenvalue weighted by atomic mass is 10.3. The summed E-state index contributed by atoms with van der Waals surface area (Å²) < 4.78 is 0. The Balaban J connectivity index is 2.14. The first kappa shape index (κ1) is 13.7. The summed E-state index contributed by atoms with van der Waals surface area (Å²) in [5, 5.41) is 0.309. The van der Waals surface area contributed by atoms with Gasteiger partial charge in [-0.3, -0.25) is 19.6 Å². The molecule has 0 aliphatic heterocycles. The largest absolute Gasteiger partial charge is 0.316 e. The van der Waals surface area contributed by atoms with Gasteiger partial charge in [-0.05, 0) is 36.4 Å². The summed E-state index contributed by atoms with van der Waals surface area (Å²) in [4.78, 5) is 37.4. The van der Waals surface area contributed by atoms with Gasteiger partial charge in [-0.1, -0.05) is 12.1 Å². The highest BCUT2D eigenvalue weighted by molar-refractivity contribution is 5.44. The molecule has 3 rings (SSSR count). The molecule has 0 spiro atoms. The molecule has 0 aliphatic rings. The first-order valence-corrected chi connectivity index (χ1v) is 6.60. The molecular formula is C16H12N4O2. The van der Waals surface area contributed by atoms with E-state index >= 15 is 0 Å². The number of aromatic nitrogens is 4. The molecule has 0 saturated heterocycles. The summed E-state index contributed by atoms with van der Waals surface area (Å²) in [6, 6.07) is 10.6. The molecule has 108 valence electrons. The van der Waals surface area contributed by atoms with Crippen LogP contribution in [0.4, 0.5) is 0 Å². The topological polar surface area (TPSA) is 91.5 Å². The van der Waals surface area contributed by atoms with E-state index in [0.29, 0.717) is 11.4 Å². The summed E-state index contributed by atoms with van der Waals surface area (Å²) in [7, 11) is 0. The molecule has 6 nitrogen and oxygen atoms in total. The quantitative estimate of drug-likeness (QED) is 0.667. The van der Waals surface area contributed by atoms with Gasteiger partial charge in [-0.15, -0.1) is 0 Å². The van der Waals surface area contributed by atoms with Gasteiger partial charge in [-0.2, -0.15) is 0 Å². The Kier molecular flexibility index (Phi) is 3.74. The number of hydrogen-bond acceptors (Lipinski definition) is 4. The molecule has 22 heavy (non-hydrogen) atoms. The Hall–Kier alpha value is -3.28. The second-order valence-corrected chi connectivity index (χ2v) is 4.53. The van der Waals surface area contributed by atoms with E-state index in [2.05, 4.69) is 19.9 Å². The fourth-order valence-corrected chi connectivity index (χ4v) is 1.91. The third-order valence-electron chi connectivity index (χ3n) is 2.95. The van der Waals surface area contributed by atoms with Crippen LogP contribution >= 0.6 is 0 Å². The van der Waals surface area contributed by atoms with Crippen molar-refractivity contribution < 1.29 is 0 Å². The minimum absolute atomic E-state index is 0.155. The van der Waals surface area contributed by atoms with E-state index in [1.807, 2.05) is 0 Å². The van der Waals surface area contributed by atoms with Crippen LogP contribution in [0.5, 0.6) is 0 Å². The van der Waals surface area contributed by atoms with E-state index in [0.717, 1.165) is 0 Å². The molecule has 0 radical (unpaired) electrons. The van der Waals surface area contributed by atoms with Gasteiger partial charge in [0.15, 0.2) is 0 Å². The number of aromatic amines is 2. The maximum absolute atomic E-state index is 12.1. The number of H-pyrrole nitrogens is 2. The zero-order chi connectivity index (χ0) is 15.4. The van der Waals surface area contributed by atoms with Crippen LogP contribution in [0.3, 0.4) is 0 Å². The minimum atomic E-state index is -0.396. The highest BCUT2D eigenvalue weighted by Gasteiger charge is 1.97. The second-order valence-electron chi connectivity index (χ2n) is 4.53. The van der Waals surface area contributed by atoms with Crippen molar-refractivity contribution in [2.24, 2.45) is 0 Å². The standard InChI is InChI=1S/C16H12N4O2/c21-15-13(9-11-5-1-3-7-17-11)19-16(22)14(20-15)10-12-6-2-4-8-18-12/h1-10H,(H,19,22)(H,20,21)/b13-9-,14-10-. The summed E-state index contributed by atoms with van der Waals surface area (Å²) in [5.74, 6) is 0. The summed E-state index contributed by atoms with van der Waals surface area (Å²) in [5.41, 5.74) is 0.384. The maximum Gasteiger partial charge on any atom is 0.272 e. The number of rotatable bonds is 2. The van der Waals surface area contributed by atoms with Crippen molar-refractivity contribution in [2.45, 2.75) is 0 Å². The molecule has 3 aromatic rings. The fourth-order valence-electron chi connectivity index (χ4n) is 1.91. The molecule has 0 aromatic carbocycles. The molecule has 0 saturated carbocycles. The van der Waals surface area contributed by atoms with E-state index in [-0.39, 0.29) is 10.7 Å². The molecule has 3 heterocycles. The van der Waals surface area contributed by atoms with Crippen molar-refractivity contribution >= 4 is 12.2 Å². The first-order chi connectivity index (χ1) is 10.7. The third-order valence-corrected chi connectivity index (χ3v) is 2.95. The van der Waals surface area contributed by atoms with E-state index in [1.165, 1.54) is 12.2 Å². The Morgan fingerprint density at radius 2 is 1.18 bits per heavy atom. The Morgan fingerprint density at radius 3 is 1.55 bits per heavy atom. The molecule has 2 N–H and O–H groups in total. The molecule has 0 bridgehead atoms. The number of hydrogen-bond donors (Lipinski definition) is 2. The van der Waals surface area contributed by atoms with Crippen LogP contribution in [0.1, 0.15) is 11.4 Å². The van der Waals surface area contributed by atoms with Crippen LogP contribution < -0.4 is 21.8 Å².